The predicted molar refractivity (Wildman–Crippen MR) is 79.7 cm³/mol. The molecule has 3 aromatic rings. The fourth-order valence-corrected chi connectivity index (χ4v) is 2.53. The molecular weight excluding hydrogens is 275 g/mol. The smallest absolute Gasteiger partial charge is 0.125 e. The molecule has 4 heteroatoms. The van der Waals surface area contributed by atoms with Gasteiger partial charge in [-0.25, -0.2) is 9.37 Å². The van der Waals surface area contributed by atoms with Crippen LogP contribution >= 0.6 is 11.6 Å². The first-order valence-corrected chi connectivity index (χ1v) is 7.06. The third-order valence-electron chi connectivity index (χ3n) is 3.29. The maximum atomic E-state index is 13.5. The predicted octanol–water partition coefficient (Wildman–Crippen LogP) is 4.01. The lowest BCUT2D eigenvalue weighted by Crippen LogP contribution is -2.06. The summed E-state index contributed by atoms with van der Waals surface area (Å²) in [5, 5.41) is 0. The molecule has 0 amide bonds. The van der Waals surface area contributed by atoms with Gasteiger partial charge in [-0.3, -0.25) is 0 Å². The minimum absolute atomic E-state index is 0.246. The van der Waals surface area contributed by atoms with Gasteiger partial charge in [-0.2, -0.15) is 0 Å². The molecule has 0 N–H and O–H groups in total. The molecule has 102 valence electrons. The molecule has 0 atom stereocenters. The van der Waals surface area contributed by atoms with E-state index < -0.39 is 0 Å². The molecule has 0 bridgehead atoms. The fraction of sp³-hybridized carbons (Fsp3) is 0.188. The molecule has 0 saturated carbocycles. The highest BCUT2D eigenvalue weighted by Gasteiger charge is 2.11. The molecule has 0 aliphatic carbocycles. The number of halogens is 2. The van der Waals surface area contributed by atoms with Crippen LogP contribution in [0.3, 0.4) is 0 Å². The number of aromatic nitrogens is 2. The van der Waals surface area contributed by atoms with E-state index >= 15 is 0 Å². The van der Waals surface area contributed by atoms with E-state index in [2.05, 4.69) is 17.1 Å². The molecule has 2 aromatic carbocycles. The number of imidazole rings is 1. The van der Waals surface area contributed by atoms with Gasteiger partial charge in [-0.15, -0.1) is 11.6 Å². The zero-order valence-corrected chi connectivity index (χ0v) is 11.6. The van der Waals surface area contributed by atoms with Gasteiger partial charge in [0.25, 0.3) is 0 Å². The van der Waals surface area contributed by atoms with Gasteiger partial charge < -0.3 is 4.57 Å². The molecule has 0 aliphatic rings. The largest absolute Gasteiger partial charge is 0.323 e. The van der Waals surface area contributed by atoms with Gasteiger partial charge in [-0.05, 0) is 23.8 Å². The molecule has 0 unspecified atom stereocenters. The van der Waals surface area contributed by atoms with E-state index in [1.165, 1.54) is 12.1 Å². The van der Waals surface area contributed by atoms with E-state index in [0.717, 1.165) is 22.4 Å². The van der Waals surface area contributed by atoms with E-state index in [-0.39, 0.29) is 5.82 Å². The zero-order valence-electron chi connectivity index (χ0n) is 10.9. The molecular formula is C16H14ClFN2. The average molecular weight is 289 g/mol. The van der Waals surface area contributed by atoms with Crippen LogP contribution in [0.1, 0.15) is 11.4 Å². The highest BCUT2D eigenvalue weighted by molar-refractivity contribution is 6.17. The van der Waals surface area contributed by atoms with Crippen molar-refractivity contribution in [3.05, 3.63) is 65.7 Å². The highest BCUT2D eigenvalue weighted by Crippen LogP contribution is 2.20. The molecule has 0 fully saturated rings. The Hall–Kier alpha value is -1.87. The number of aryl methyl sites for hydroxylation is 1. The number of benzene rings is 2. The Labute approximate surface area is 121 Å². The van der Waals surface area contributed by atoms with Crippen molar-refractivity contribution >= 4 is 22.6 Å². The summed E-state index contributed by atoms with van der Waals surface area (Å²) >= 11 is 5.84. The van der Waals surface area contributed by atoms with E-state index in [9.17, 15) is 4.39 Å². The van der Waals surface area contributed by atoms with Crippen LogP contribution in [-0.2, 0) is 13.0 Å². The Morgan fingerprint density at radius 3 is 2.65 bits per heavy atom. The maximum Gasteiger partial charge on any atom is 0.125 e. The van der Waals surface area contributed by atoms with Crippen molar-refractivity contribution in [3.63, 3.8) is 0 Å². The molecule has 1 aromatic heterocycles. The molecule has 0 radical (unpaired) electrons. The second kappa shape index (κ2) is 5.63. The zero-order chi connectivity index (χ0) is 13.9. The van der Waals surface area contributed by atoms with Crippen molar-refractivity contribution in [2.24, 2.45) is 0 Å². The van der Waals surface area contributed by atoms with Gasteiger partial charge in [0.05, 0.1) is 11.0 Å². The monoisotopic (exact) mass is 288 g/mol. The Kier molecular flexibility index (Phi) is 3.70. The third-order valence-corrected chi connectivity index (χ3v) is 3.48. The van der Waals surface area contributed by atoms with Crippen LogP contribution in [-0.4, -0.2) is 15.4 Å². The Balaban J connectivity index is 2.10. The van der Waals surface area contributed by atoms with Crippen molar-refractivity contribution in [2.75, 3.05) is 5.88 Å². The first-order valence-electron chi connectivity index (χ1n) is 6.52. The molecule has 0 saturated heterocycles. The maximum absolute atomic E-state index is 13.5. The topological polar surface area (TPSA) is 17.8 Å². The number of rotatable bonds is 4. The van der Waals surface area contributed by atoms with Crippen LogP contribution in [0.25, 0.3) is 11.0 Å². The van der Waals surface area contributed by atoms with Crippen LogP contribution in [0, 0.1) is 5.82 Å². The lowest BCUT2D eigenvalue weighted by atomic mass is 10.2. The van der Waals surface area contributed by atoms with Crippen molar-refractivity contribution < 1.29 is 4.39 Å². The van der Waals surface area contributed by atoms with Gasteiger partial charge in [0.1, 0.15) is 11.6 Å². The van der Waals surface area contributed by atoms with Crippen molar-refractivity contribution in [1.29, 1.82) is 0 Å². The Morgan fingerprint density at radius 1 is 1.10 bits per heavy atom. The Morgan fingerprint density at radius 2 is 1.90 bits per heavy atom. The average Bonchev–Trinajstić information content (AvgIpc) is 2.78. The van der Waals surface area contributed by atoms with Crippen molar-refractivity contribution in [1.82, 2.24) is 9.55 Å². The summed E-state index contributed by atoms with van der Waals surface area (Å²) in [4.78, 5) is 4.55. The summed E-state index contributed by atoms with van der Waals surface area (Å²) in [5.41, 5.74) is 2.78. The summed E-state index contributed by atoms with van der Waals surface area (Å²) < 4.78 is 15.5. The summed E-state index contributed by atoms with van der Waals surface area (Å²) in [5.74, 6) is 1.15. The lowest BCUT2D eigenvalue weighted by Gasteiger charge is -2.08. The Bertz CT molecular complexity index is 722. The van der Waals surface area contributed by atoms with E-state index in [1.54, 1.807) is 6.07 Å². The van der Waals surface area contributed by atoms with Crippen LogP contribution in [0.5, 0.6) is 0 Å². The van der Waals surface area contributed by atoms with E-state index in [4.69, 9.17) is 11.6 Å². The van der Waals surface area contributed by atoms with Gasteiger partial charge in [0, 0.05) is 18.8 Å². The molecule has 1 heterocycles. The number of alkyl halides is 1. The number of fused-ring (bicyclic) bond motifs is 1. The second-order valence-electron chi connectivity index (χ2n) is 4.67. The van der Waals surface area contributed by atoms with Crippen molar-refractivity contribution in [2.45, 2.75) is 13.0 Å². The van der Waals surface area contributed by atoms with Crippen LogP contribution < -0.4 is 0 Å². The molecule has 2 nitrogen and oxygen atoms in total. The standard InChI is InChI=1S/C16H14ClFN2/c17-9-8-16-19-14-7-6-13(18)10-15(14)20(16)11-12-4-2-1-3-5-12/h1-7,10H,8-9,11H2. The third kappa shape index (κ3) is 2.54. The molecule has 0 spiro atoms. The van der Waals surface area contributed by atoms with E-state index in [1.807, 2.05) is 22.8 Å². The number of nitrogens with zero attached hydrogens (tertiary/aromatic N) is 2. The first kappa shape index (κ1) is 13.1. The summed E-state index contributed by atoms with van der Waals surface area (Å²) in [6.07, 6.45) is 0.671. The van der Waals surface area contributed by atoms with Crippen LogP contribution in [0.15, 0.2) is 48.5 Å². The van der Waals surface area contributed by atoms with E-state index in [0.29, 0.717) is 18.8 Å². The quantitative estimate of drug-likeness (QED) is 0.663. The summed E-state index contributed by atoms with van der Waals surface area (Å²) in [6, 6.07) is 14.8. The number of hydrogen-bond donors (Lipinski definition) is 0. The van der Waals surface area contributed by atoms with Gasteiger partial charge in [0.15, 0.2) is 0 Å². The highest BCUT2D eigenvalue weighted by atomic mass is 35.5. The normalized spacial score (nSPS) is 11.1. The summed E-state index contributed by atoms with van der Waals surface area (Å²) in [7, 11) is 0. The summed E-state index contributed by atoms with van der Waals surface area (Å²) in [6.45, 7) is 0.674. The molecule has 3 rings (SSSR count). The molecule has 20 heavy (non-hydrogen) atoms. The number of hydrogen-bond acceptors (Lipinski definition) is 1. The van der Waals surface area contributed by atoms with Crippen LogP contribution in [0.2, 0.25) is 0 Å². The minimum Gasteiger partial charge on any atom is -0.323 e. The van der Waals surface area contributed by atoms with Gasteiger partial charge in [-0.1, -0.05) is 30.3 Å². The van der Waals surface area contributed by atoms with Gasteiger partial charge in [0.2, 0.25) is 0 Å². The van der Waals surface area contributed by atoms with Gasteiger partial charge >= 0.3 is 0 Å². The minimum atomic E-state index is -0.246. The fourth-order valence-electron chi connectivity index (χ4n) is 2.36. The van der Waals surface area contributed by atoms with Crippen LogP contribution in [0.4, 0.5) is 4.39 Å². The second-order valence-corrected chi connectivity index (χ2v) is 5.05. The SMILES string of the molecule is Fc1ccc2nc(CCCl)n(Cc3ccccc3)c2c1. The first-order chi connectivity index (χ1) is 9.78. The lowest BCUT2D eigenvalue weighted by molar-refractivity contribution is 0.628. The molecule has 0 aliphatic heterocycles. The van der Waals surface area contributed by atoms with Crippen molar-refractivity contribution in [3.8, 4) is 0 Å².